The van der Waals surface area contributed by atoms with Crippen LogP contribution in [0.2, 0.25) is 0 Å². The summed E-state index contributed by atoms with van der Waals surface area (Å²) in [7, 11) is 2.30. The molecule has 2 bridgehead atoms. The average Bonchev–Trinajstić information content (AvgIpc) is 2.64. The van der Waals surface area contributed by atoms with Crippen LogP contribution in [0.5, 0.6) is 0 Å². The highest BCUT2D eigenvalue weighted by molar-refractivity contribution is 5.55. The summed E-state index contributed by atoms with van der Waals surface area (Å²) in [4.78, 5) is 5.15. The zero-order chi connectivity index (χ0) is 13.4. The molecule has 2 atom stereocenters. The normalized spacial score (nSPS) is 27.6. The molecular formula is C16H25N3. The zero-order valence-electron chi connectivity index (χ0n) is 12.1. The van der Waals surface area contributed by atoms with Crippen molar-refractivity contribution in [3.05, 3.63) is 29.3 Å². The van der Waals surface area contributed by atoms with Gasteiger partial charge in [0.05, 0.1) is 0 Å². The van der Waals surface area contributed by atoms with Crippen LogP contribution in [-0.2, 0) is 6.54 Å². The number of aryl methyl sites for hydroxylation is 1. The first-order valence-electron chi connectivity index (χ1n) is 7.45. The van der Waals surface area contributed by atoms with Gasteiger partial charge in [0.15, 0.2) is 0 Å². The number of hydrogen-bond acceptors (Lipinski definition) is 3. The van der Waals surface area contributed by atoms with Gasteiger partial charge < -0.3 is 10.6 Å². The van der Waals surface area contributed by atoms with Crippen molar-refractivity contribution in [3.8, 4) is 0 Å². The molecule has 2 saturated heterocycles. The van der Waals surface area contributed by atoms with Crippen molar-refractivity contribution in [1.82, 2.24) is 4.90 Å². The first-order chi connectivity index (χ1) is 9.19. The molecule has 2 N–H and O–H groups in total. The molecule has 1 aromatic rings. The number of fused-ring (bicyclic) bond motifs is 2. The molecule has 0 radical (unpaired) electrons. The van der Waals surface area contributed by atoms with Crippen molar-refractivity contribution in [1.29, 1.82) is 0 Å². The molecular weight excluding hydrogens is 234 g/mol. The third kappa shape index (κ3) is 2.37. The van der Waals surface area contributed by atoms with E-state index in [2.05, 4.69) is 42.0 Å². The third-order valence-corrected chi connectivity index (χ3v) is 4.94. The van der Waals surface area contributed by atoms with E-state index < -0.39 is 0 Å². The lowest BCUT2D eigenvalue weighted by atomic mass is 10.0. The van der Waals surface area contributed by atoms with Crippen molar-refractivity contribution in [2.75, 3.05) is 25.0 Å². The Bertz CT molecular complexity index is 457. The maximum atomic E-state index is 5.93. The van der Waals surface area contributed by atoms with Crippen molar-refractivity contribution in [2.45, 2.75) is 44.8 Å². The predicted molar refractivity (Wildman–Crippen MR) is 80.5 cm³/mol. The van der Waals surface area contributed by atoms with E-state index in [9.17, 15) is 0 Å². The fourth-order valence-electron chi connectivity index (χ4n) is 3.71. The largest absolute Gasteiger partial charge is 0.370 e. The second-order valence-electron chi connectivity index (χ2n) is 6.12. The molecule has 104 valence electrons. The van der Waals surface area contributed by atoms with Gasteiger partial charge in [-0.15, -0.1) is 0 Å². The number of nitrogens with zero attached hydrogens (tertiary/aromatic N) is 2. The summed E-state index contributed by atoms with van der Waals surface area (Å²) in [6, 6.07) is 8.22. The van der Waals surface area contributed by atoms with Crippen LogP contribution in [0.15, 0.2) is 18.2 Å². The molecule has 19 heavy (non-hydrogen) atoms. The second-order valence-corrected chi connectivity index (χ2v) is 6.12. The molecule has 0 aromatic heterocycles. The SMILES string of the molecule is Cc1ccc(N2CCC3CCC(C2)N3C)c(CN)c1. The fourth-order valence-corrected chi connectivity index (χ4v) is 3.71. The molecule has 2 aliphatic heterocycles. The van der Waals surface area contributed by atoms with Crippen molar-refractivity contribution in [2.24, 2.45) is 5.73 Å². The van der Waals surface area contributed by atoms with Gasteiger partial charge in [-0.2, -0.15) is 0 Å². The molecule has 0 saturated carbocycles. The topological polar surface area (TPSA) is 32.5 Å². The quantitative estimate of drug-likeness (QED) is 0.883. The van der Waals surface area contributed by atoms with Gasteiger partial charge in [-0.1, -0.05) is 17.7 Å². The van der Waals surface area contributed by atoms with Gasteiger partial charge >= 0.3 is 0 Å². The standard InChI is InChI=1S/C16H25N3/c1-12-3-6-16(13(9-12)10-17)19-8-7-14-4-5-15(11-19)18(14)2/h3,6,9,14-15H,4-5,7-8,10-11,17H2,1-2H3. The van der Waals surface area contributed by atoms with Gasteiger partial charge in [0.25, 0.3) is 0 Å². The average molecular weight is 259 g/mol. The number of hydrogen-bond donors (Lipinski definition) is 1. The summed E-state index contributed by atoms with van der Waals surface area (Å²) in [5.41, 5.74) is 9.88. The molecule has 3 nitrogen and oxygen atoms in total. The number of benzene rings is 1. The Morgan fingerprint density at radius 1 is 1.21 bits per heavy atom. The fraction of sp³-hybridized carbons (Fsp3) is 0.625. The molecule has 2 aliphatic rings. The predicted octanol–water partition coefficient (Wildman–Crippen LogP) is 2.13. The molecule has 1 aromatic carbocycles. The summed E-state index contributed by atoms with van der Waals surface area (Å²) >= 11 is 0. The highest BCUT2D eigenvalue weighted by atomic mass is 15.3. The molecule has 3 heteroatoms. The van der Waals surface area contributed by atoms with Gasteiger partial charge in [0.1, 0.15) is 0 Å². The molecule has 2 unspecified atom stereocenters. The van der Waals surface area contributed by atoms with Crippen LogP contribution in [-0.4, -0.2) is 37.1 Å². The first kappa shape index (κ1) is 12.9. The monoisotopic (exact) mass is 259 g/mol. The zero-order valence-corrected chi connectivity index (χ0v) is 12.1. The van der Waals surface area contributed by atoms with Crippen molar-refractivity contribution < 1.29 is 0 Å². The number of nitrogens with two attached hydrogens (primary N) is 1. The van der Waals surface area contributed by atoms with E-state index in [-0.39, 0.29) is 0 Å². The minimum Gasteiger partial charge on any atom is -0.370 e. The van der Waals surface area contributed by atoms with Crippen LogP contribution >= 0.6 is 0 Å². The van der Waals surface area contributed by atoms with Crippen LogP contribution in [0.25, 0.3) is 0 Å². The minimum atomic E-state index is 0.636. The number of anilines is 1. The van der Waals surface area contributed by atoms with Crippen LogP contribution < -0.4 is 10.6 Å². The maximum Gasteiger partial charge on any atom is 0.0412 e. The van der Waals surface area contributed by atoms with E-state index in [0.717, 1.165) is 18.6 Å². The van der Waals surface area contributed by atoms with Crippen LogP contribution in [0, 0.1) is 6.92 Å². The molecule has 0 amide bonds. The Labute approximate surface area is 116 Å². The lowest BCUT2D eigenvalue weighted by Crippen LogP contribution is -2.37. The molecule has 2 heterocycles. The number of rotatable bonds is 2. The highest BCUT2D eigenvalue weighted by Crippen LogP contribution is 2.32. The lowest BCUT2D eigenvalue weighted by molar-refractivity contribution is 0.254. The minimum absolute atomic E-state index is 0.636. The Kier molecular flexibility index (Phi) is 3.50. The van der Waals surface area contributed by atoms with E-state index in [1.165, 1.54) is 42.6 Å². The second kappa shape index (κ2) is 5.14. The molecule has 0 spiro atoms. The lowest BCUT2D eigenvalue weighted by Gasteiger charge is -2.29. The van der Waals surface area contributed by atoms with Gasteiger partial charge in [0.2, 0.25) is 0 Å². The van der Waals surface area contributed by atoms with E-state index in [4.69, 9.17) is 5.73 Å². The van der Waals surface area contributed by atoms with E-state index >= 15 is 0 Å². The van der Waals surface area contributed by atoms with Crippen molar-refractivity contribution >= 4 is 5.69 Å². The highest BCUT2D eigenvalue weighted by Gasteiger charge is 2.34. The Morgan fingerprint density at radius 3 is 2.79 bits per heavy atom. The summed E-state index contributed by atoms with van der Waals surface area (Å²) < 4.78 is 0. The Balaban J connectivity index is 1.86. The Hall–Kier alpha value is -1.06. The van der Waals surface area contributed by atoms with E-state index in [0.29, 0.717) is 6.54 Å². The Morgan fingerprint density at radius 2 is 2.00 bits per heavy atom. The van der Waals surface area contributed by atoms with E-state index in [1.54, 1.807) is 0 Å². The first-order valence-corrected chi connectivity index (χ1v) is 7.45. The maximum absolute atomic E-state index is 5.93. The summed E-state index contributed by atoms with van der Waals surface area (Å²) in [6.45, 7) is 5.10. The van der Waals surface area contributed by atoms with Gasteiger partial charge in [-0.25, -0.2) is 0 Å². The molecule has 3 rings (SSSR count). The van der Waals surface area contributed by atoms with E-state index in [1.807, 2.05) is 0 Å². The molecule has 2 fully saturated rings. The smallest absolute Gasteiger partial charge is 0.0412 e. The summed E-state index contributed by atoms with van der Waals surface area (Å²) in [5, 5.41) is 0. The van der Waals surface area contributed by atoms with Gasteiger partial charge in [-0.05, 0) is 44.9 Å². The summed E-state index contributed by atoms with van der Waals surface area (Å²) in [6.07, 6.45) is 4.01. The van der Waals surface area contributed by atoms with Gasteiger partial charge in [0, 0.05) is 37.4 Å². The summed E-state index contributed by atoms with van der Waals surface area (Å²) in [5.74, 6) is 0. The third-order valence-electron chi connectivity index (χ3n) is 4.94. The van der Waals surface area contributed by atoms with Crippen molar-refractivity contribution in [3.63, 3.8) is 0 Å². The van der Waals surface area contributed by atoms with Crippen LogP contribution in [0.1, 0.15) is 30.4 Å². The number of likely N-dealkylation sites (N-methyl/N-ethyl adjacent to an activating group) is 1. The molecule has 0 aliphatic carbocycles. The van der Waals surface area contributed by atoms with Gasteiger partial charge in [-0.3, -0.25) is 4.90 Å². The van der Waals surface area contributed by atoms with Crippen LogP contribution in [0.3, 0.4) is 0 Å². The van der Waals surface area contributed by atoms with Crippen LogP contribution in [0.4, 0.5) is 5.69 Å².